The van der Waals surface area contributed by atoms with Gasteiger partial charge in [-0.15, -0.1) is 5.10 Å². The number of fused-ring (bicyclic) bond motifs is 2. The molecule has 2 fully saturated rings. The number of phenolic OH excluding ortho intramolecular Hbond substituents is 1. The number of piperidine rings is 1. The van der Waals surface area contributed by atoms with Gasteiger partial charge in [-0.25, -0.2) is 23.4 Å². The molecule has 0 unspecified atom stereocenters. The molecule has 17 nitrogen and oxygen atoms in total. The Labute approximate surface area is 423 Å². The SMILES string of the molecule is CC(=O)N1CCc2c(c(N3CCCc4cc(-c5cnn(C)c5)c(C(F)F)cc43)nn2C2CCN(Cn3cc(Cc4ncc(C)cn4)nn3)CC2)C1.CC1(C)CC(C)(C)C1NC=O.N#Cc1ccc(O)cc1Cl. The maximum absolute atomic E-state index is 14.6. The van der Waals surface area contributed by atoms with E-state index in [1.54, 1.807) is 37.1 Å². The second-order valence-corrected chi connectivity index (χ2v) is 21.1. The van der Waals surface area contributed by atoms with Gasteiger partial charge in [0.1, 0.15) is 17.6 Å². The number of alkyl halides is 2. The number of rotatable bonds is 10. The molecule has 2 aromatic carbocycles. The van der Waals surface area contributed by atoms with Crippen LogP contribution in [-0.4, -0.2) is 104 Å². The molecule has 10 rings (SSSR count). The first-order chi connectivity index (χ1) is 34.3. The highest BCUT2D eigenvalue weighted by Gasteiger charge is 2.52. The van der Waals surface area contributed by atoms with Crippen molar-refractivity contribution in [3.63, 3.8) is 0 Å². The number of carbonyl (C=O) groups excluding carboxylic acids is 2. The fourth-order valence-electron chi connectivity index (χ4n) is 11.2. The first-order valence-electron chi connectivity index (χ1n) is 24.4. The van der Waals surface area contributed by atoms with E-state index in [-0.39, 0.29) is 39.1 Å². The van der Waals surface area contributed by atoms with Crippen LogP contribution in [0.25, 0.3) is 11.1 Å². The zero-order valence-corrected chi connectivity index (χ0v) is 42.7. The smallest absolute Gasteiger partial charge is 0.264 e. The number of carbonyl (C=O) groups is 2. The molecular formula is C52H63ClF2N14O3. The summed E-state index contributed by atoms with van der Waals surface area (Å²) in [5.41, 5.74) is 7.93. The van der Waals surface area contributed by atoms with Gasteiger partial charge in [-0.1, -0.05) is 44.5 Å². The quantitative estimate of drug-likeness (QED) is 0.125. The largest absolute Gasteiger partial charge is 0.508 e. The zero-order chi connectivity index (χ0) is 51.5. The number of aromatic nitrogens is 9. The maximum atomic E-state index is 14.6. The van der Waals surface area contributed by atoms with Crippen LogP contribution < -0.4 is 10.2 Å². The third kappa shape index (κ3) is 11.4. The molecule has 0 radical (unpaired) electrons. The number of phenols is 1. The van der Waals surface area contributed by atoms with E-state index < -0.39 is 6.43 Å². The minimum absolute atomic E-state index is 0.0114. The molecule has 0 spiro atoms. The Morgan fingerprint density at radius 1 is 1.03 bits per heavy atom. The van der Waals surface area contributed by atoms with Crippen LogP contribution in [-0.2, 0) is 49.1 Å². The van der Waals surface area contributed by atoms with Crippen LogP contribution in [0.4, 0.5) is 20.3 Å². The summed E-state index contributed by atoms with van der Waals surface area (Å²) in [6, 6.07) is 10.2. The molecule has 3 aliphatic heterocycles. The Hall–Kier alpha value is -6.78. The first-order valence-corrected chi connectivity index (χ1v) is 24.8. The molecule has 72 heavy (non-hydrogen) atoms. The van der Waals surface area contributed by atoms with E-state index in [1.165, 1.54) is 24.6 Å². The van der Waals surface area contributed by atoms with Gasteiger partial charge in [0.25, 0.3) is 6.43 Å². The predicted molar refractivity (Wildman–Crippen MR) is 268 cm³/mol. The summed E-state index contributed by atoms with van der Waals surface area (Å²) in [7, 11) is 1.79. The lowest BCUT2D eigenvalue weighted by atomic mass is 9.52. The van der Waals surface area contributed by atoms with E-state index in [2.05, 4.69) is 72.9 Å². The van der Waals surface area contributed by atoms with Gasteiger partial charge >= 0.3 is 0 Å². The Morgan fingerprint density at radius 2 is 1.76 bits per heavy atom. The molecular weight excluding hydrogens is 942 g/mol. The lowest BCUT2D eigenvalue weighted by Crippen LogP contribution is -2.61. The number of halogens is 3. The van der Waals surface area contributed by atoms with Crippen LogP contribution in [0.3, 0.4) is 0 Å². The van der Waals surface area contributed by atoms with E-state index >= 15 is 0 Å². The van der Waals surface area contributed by atoms with Crippen molar-refractivity contribution in [2.75, 3.05) is 31.1 Å². The third-order valence-electron chi connectivity index (χ3n) is 14.2. The fourth-order valence-corrected chi connectivity index (χ4v) is 11.4. The molecule has 1 aliphatic carbocycles. The van der Waals surface area contributed by atoms with Gasteiger partial charge in [0.15, 0.2) is 5.82 Å². The molecule has 2 amide bonds. The summed E-state index contributed by atoms with van der Waals surface area (Å²) in [5, 5.41) is 38.6. The first kappa shape index (κ1) is 51.6. The monoisotopic (exact) mass is 1000 g/mol. The molecule has 380 valence electrons. The van der Waals surface area contributed by atoms with E-state index in [9.17, 15) is 18.4 Å². The minimum atomic E-state index is -2.65. The van der Waals surface area contributed by atoms with Crippen molar-refractivity contribution in [2.24, 2.45) is 17.9 Å². The van der Waals surface area contributed by atoms with Crippen LogP contribution in [0.15, 0.2) is 61.3 Å². The number of hydrogen-bond acceptors (Lipinski definition) is 12. The number of anilines is 2. The number of benzene rings is 2. The number of nitrogens with one attached hydrogen (secondary N) is 1. The van der Waals surface area contributed by atoms with Crippen LogP contribution in [0.5, 0.6) is 5.75 Å². The van der Waals surface area contributed by atoms with Crippen molar-refractivity contribution in [2.45, 2.75) is 118 Å². The Bertz CT molecular complexity index is 2920. The summed E-state index contributed by atoms with van der Waals surface area (Å²) in [6.07, 6.45) is 13.1. The summed E-state index contributed by atoms with van der Waals surface area (Å²) < 4.78 is 34.9. The average Bonchev–Trinajstić information content (AvgIpc) is 4.09. The Morgan fingerprint density at radius 3 is 2.38 bits per heavy atom. The van der Waals surface area contributed by atoms with Crippen molar-refractivity contribution in [3.8, 4) is 22.9 Å². The summed E-state index contributed by atoms with van der Waals surface area (Å²) in [6.45, 7) is 16.5. The van der Waals surface area contributed by atoms with Crippen molar-refractivity contribution in [3.05, 3.63) is 111 Å². The molecule has 1 saturated heterocycles. The highest BCUT2D eigenvalue weighted by Crippen LogP contribution is 2.53. The molecule has 7 heterocycles. The number of hydrogen-bond donors (Lipinski definition) is 2. The lowest BCUT2D eigenvalue weighted by molar-refractivity contribution is -0.129. The molecule has 2 N–H and O–H groups in total. The van der Waals surface area contributed by atoms with Gasteiger partial charge in [-0.05, 0) is 96.9 Å². The molecule has 20 heteroatoms. The Kier molecular flexibility index (Phi) is 15.4. The molecule has 6 aromatic rings. The van der Waals surface area contributed by atoms with Gasteiger partial charge in [0, 0.05) is 99.3 Å². The molecule has 0 atom stereocenters. The minimum Gasteiger partial charge on any atom is -0.508 e. The number of aromatic hydroxyl groups is 1. The van der Waals surface area contributed by atoms with Gasteiger partial charge < -0.3 is 20.2 Å². The highest BCUT2D eigenvalue weighted by molar-refractivity contribution is 6.31. The number of amides is 2. The lowest BCUT2D eigenvalue weighted by Gasteiger charge is -2.57. The average molecular weight is 1010 g/mol. The van der Waals surface area contributed by atoms with E-state index in [1.807, 2.05) is 47.2 Å². The number of nitriles is 1. The summed E-state index contributed by atoms with van der Waals surface area (Å²) >= 11 is 5.55. The molecule has 1 saturated carbocycles. The number of likely N-dealkylation sites (tertiary alicyclic amines) is 1. The molecule has 4 aliphatic rings. The van der Waals surface area contributed by atoms with Gasteiger partial charge in [-0.2, -0.15) is 15.5 Å². The van der Waals surface area contributed by atoms with Crippen LogP contribution in [0.2, 0.25) is 5.02 Å². The maximum Gasteiger partial charge on any atom is 0.264 e. The van der Waals surface area contributed by atoms with E-state index in [0.717, 1.165) is 90.6 Å². The fraction of sp³-hybridized carbons (Fsp3) is 0.481. The topological polar surface area (TPSA) is 192 Å². The standard InChI is InChI=1S/C36H42F2N12O.C9H17NO.C7H4ClNO/c1-23-16-39-34(40-17-23)14-27-20-48(44-42-27)22-46-10-6-28(7-11-46)50-32-8-12-47(24(2)51)21-31(32)36(43-50)49-9-4-5-25-13-29(26-18-41-45(3)19-26)30(35(37)38)15-33(25)49;1-8(2)5-9(3,4)7(8)10-6-11;8-7-3-6(10)2-1-5(7)4-9/h13,15-20,28,35H,4-12,14,21-22H2,1-3H3;6-7H,5H2,1-4H3,(H,10,11);1-3,10H. The van der Waals surface area contributed by atoms with Crippen LogP contribution in [0, 0.1) is 29.1 Å². The predicted octanol–water partition coefficient (Wildman–Crippen LogP) is 8.26. The van der Waals surface area contributed by atoms with Crippen molar-refractivity contribution in [1.82, 2.24) is 59.6 Å². The molecule has 4 aromatic heterocycles. The van der Waals surface area contributed by atoms with Gasteiger partial charge in [-0.3, -0.25) is 23.9 Å². The Balaban J connectivity index is 0.000000272. The zero-order valence-electron chi connectivity index (χ0n) is 42.0. The normalized spacial score (nSPS) is 17.4. The molecule has 0 bridgehead atoms. The number of aryl methyl sites for hydroxylation is 3. The second kappa shape index (κ2) is 21.5. The van der Waals surface area contributed by atoms with E-state index in [0.29, 0.717) is 61.9 Å². The van der Waals surface area contributed by atoms with Crippen molar-refractivity contribution >= 4 is 35.4 Å². The van der Waals surface area contributed by atoms with E-state index in [4.69, 9.17) is 27.1 Å². The third-order valence-corrected chi connectivity index (χ3v) is 14.5. The summed E-state index contributed by atoms with van der Waals surface area (Å²) in [5.74, 6) is 1.60. The number of nitrogens with zero attached hydrogens (tertiary/aromatic N) is 13. The van der Waals surface area contributed by atoms with Gasteiger partial charge in [0.2, 0.25) is 12.3 Å². The van der Waals surface area contributed by atoms with Crippen molar-refractivity contribution < 1.29 is 23.5 Å². The second-order valence-electron chi connectivity index (χ2n) is 20.7. The highest BCUT2D eigenvalue weighted by atomic mass is 35.5. The van der Waals surface area contributed by atoms with Crippen molar-refractivity contribution in [1.29, 1.82) is 5.26 Å². The van der Waals surface area contributed by atoms with Gasteiger partial charge in [0.05, 0.1) is 54.3 Å². The summed E-state index contributed by atoms with van der Waals surface area (Å²) in [4.78, 5) is 38.0. The van der Waals surface area contributed by atoms with Crippen LogP contribution >= 0.6 is 11.6 Å². The van der Waals surface area contributed by atoms with Crippen LogP contribution in [0.1, 0.15) is 118 Å².